The highest BCUT2D eigenvalue weighted by molar-refractivity contribution is 5.59. The van der Waals surface area contributed by atoms with Gasteiger partial charge in [0.05, 0.1) is 11.3 Å². The molecule has 1 aromatic carbocycles. The minimum Gasteiger partial charge on any atom is -0.371 e. The predicted octanol–water partition coefficient (Wildman–Crippen LogP) is 2.40. The zero-order valence-corrected chi connectivity index (χ0v) is 10.6. The molecule has 1 fully saturated rings. The van der Waals surface area contributed by atoms with Crippen LogP contribution in [0.2, 0.25) is 0 Å². The van der Waals surface area contributed by atoms with Gasteiger partial charge in [0.15, 0.2) is 0 Å². The Bertz CT molecular complexity index is 459. The quantitative estimate of drug-likeness (QED) is 0.873. The zero-order chi connectivity index (χ0) is 13.1. The molecule has 3 nitrogen and oxygen atoms in total. The monoisotopic (exact) mass is 247 g/mol. The van der Waals surface area contributed by atoms with E-state index in [9.17, 15) is 4.39 Å². The van der Waals surface area contributed by atoms with Gasteiger partial charge in [-0.1, -0.05) is 0 Å². The molecule has 0 heterocycles. The van der Waals surface area contributed by atoms with E-state index < -0.39 is 0 Å². The van der Waals surface area contributed by atoms with Gasteiger partial charge in [0.1, 0.15) is 11.9 Å². The van der Waals surface area contributed by atoms with Crippen molar-refractivity contribution in [2.24, 2.45) is 5.73 Å². The van der Waals surface area contributed by atoms with Crippen LogP contribution in [-0.2, 0) is 0 Å². The molecule has 0 unspecified atom stereocenters. The number of hydrogen-bond donors (Lipinski definition) is 1. The molecule has 1 aliphatic rings. The molecule has 0 bridgehead atoms. The molecule has 0 aliphatic heterocycles. The molecule has 2 rings (SSSR count). The molecule has 0 amide bonds. The topological polar surface area (TPSA) is 53.0 Å². The number of rotatable bonds is 2. The van der Waals surface area contributed by atoms with Crippen LogP contribution < -0.4 is 10.6 Å². The molecule has 1 aromatic rings. The van der Waals surface area contributed by atoms with Gasteiger partial charge < -0.3 is 10.6 Å². The van der Waals surface area contributed by atoms with Gasteiger partial charge in [-0.05, 0) is 43.9 Å². The molecular formula is C14H18FN3. The lowest BCUT2D eigenvalue weighted by molar-refractivity contribution is 0.385. The minimum absolute atomic E-state index is 0.304. The van der Waals surface area contributed by atoms with Crippen molar-refractivity contribution in [2.75, 3.05) is 11.9 Å². The van der Waals surface area contributed by atoms with Gasteiger partial charge in [-0.3, -0.25) is 0 Å². The second-order valence-electron chi connectivity index (χ2n) is 4.95. The fourth-order valence-electron chi connectivity index (χ4n) is 2.59. The van der Waals surface area contributed by atoms with Crippen molar-refractivity contribution >= 4 is 5.69 Å². The Morgan fingerprint density at radius 1 is 1.33 bits per heavy atom. The first-order chi connectivity index (χ1) is 8.61. The molecular weight excluding hydrogens is 229 g/mol. The van der Waals surface area contributed by atoms with Crippen LogP contribution in [0.15, 0.2) is 18.2 Å². The van der Waals surface area contributed by atoms with E-state index in [1.165, 1.54) is 12.1 Å². The summed E-state index contributed by atoms with van der Waals surface area (Å²) in [5.41, 5.74) is 7.09. The van der Waals surface area contributed by atoms with Crippen molar-refractivity contribution in [2.45, 2.75) is 37.8 Å². The summed E-state index contributed by atoms with van der Waals surface area (Å²) in [6.07, 6.45) is 4.08. The second kappa shape index (κ2) is 5.36. The lowest BCUT2D eigenvalue weighted by Crippen LogP contribution is -2.39. The van der Waals surface area contributed by atoms with E-state index in [1.807, 2.05) is 7.05 Å². The highest BCUT2D eigenvalue weighted by Crippen LogP contribution is 2.28. The third-order valence-corrected chi connectivity index (χ3v) is 3.75. The van der Waals surface area contributed by atoms with E-state index in [1.54, 1.807) is 6.07 Å². The SMILES string of the molecule is CN(c1ccc(F)cc1C#N)C1CCC(N)CC1. The van der Waals surface area contributed by atoms with Gasteiger partial charge in [0.2, 0.25) is 0 Å². The van der Waals surface area contributed by atoms with Crippen LogP contribution in [0.3, 0.4) is 0 Å². The van der Waals surface area contributed by atoms with Crippen LogP contribution in [0.1, 0.15) is 31.2 Å². The highest BCUT2D eigenvalue weighted by atomic mass is 19.1. The van der Waals surface area contributed by atoms with Gasteiger partial charge in [-0.25, -0.2) is 4.39 Å². The summed E-state index contributed by atoms with van der Waals surface area (Å²) >= 11 is 0. The van der Waals surface area contributed by atoms with Crippen LogP contribution in [-0.4, -0.2) is 19.1 Å². The van der Waals surface area contributed by atoms with Gasteiger partial charge in [0, 0.05) is 19.1 Å². The first-order valence-electron chi connectivity index (χ1n) is 6.30. The summed E-state index contributed by atoms with van der Waals surface area (Å²) in [5, 5.41) is 9.07. The number of anilines is 1. The van der Waals surface area contributed by atoms with Crippen LogP contribution in [0.4, 0.5) is 10.1 Å². The molecule has 4 heteroatoms. The number of nitrogens with zero attached hydrogens (tertiary/aromatic N) is 2. The maximum atomic E-state index is 13.1. The lowest BCUT2D eigenvalue weighted by Gasteiger charge is -2.35. The molecule has 2 N–H and O–H groups in total. The van der Waals surface area contributed by atoms with Crippen LogP contribution in [0.5, 0.6) is 0 Å². The van der Waals surface area contributed by atoms with Crippen molar-refractivity contribution in [3.8, 4) is 6.07 Å². The summed E-state index contributed by atoms with van der Waals surface area (Å²) in [6.45, 7) is 0. The summed E-state index contributed by atoms with van der Waals surface area (Å²) in [5.74, 6) is -0.366. The Labute approximate surface area is 107 Å². The number of nitrogens with two attached hydrogens (primary N) is 1. The Morgan fingerprint density at radius 2 is 2.00 bits per heavy atom. The number of hydrogen-bond acceptors (Lipinski definition) is 3. The summed E-state index contributed by atoms with van der Waals surface area (Å²) in [6, 6.07) is 7.13. The number of nitriles is 1. The van der Waals surface area contributed by atoms with E-state index in [-0.39, 0.29) is 5.82 Å². The Kier molecular flexibility index (Phi) is 3.83. The van der Waals surface area contributed by atoms with Gasteiger partial charge >= 0.3 is 0 Å². The molecule has 0 radical (unpaired) electrons. The molecule has 1 saturated carbocycles. The average molecular weight is 247 g/mol. The Morgan fingerprint density at radius 3 is 2.61 bits per heavy atom. The van der Waals surface area contributed by atoms with Crippen LogP contribution in [0.25, 0.3) is 0 Å². The van der Waals surface area contributed by atoms with Crippen LogP contribution in [0, 0.1) is 17.1 Å². The first kappa shape index (κ1) is 12.8. The van der Waals surface area contributed by atoms with Gasteiger partial charge in [-0.15, -0.1) is 0 Å². The van der Waals surface area contributed by atoms with E-state index in [2.05, 4.69) is 11.0 Å². The maximum absolute atomic E-state index is 13.1. The standard InChI is InChI=1S/C14H18FN3/c1-18(13-5-3-12(17)4-6-13)14-7-2-11(15)8-10(14)9-16/h2,7-8,12-13H,3-6,17H2,1H3. The fourth-order valence-corrected chi connectivity index (χ4v) is 2.59. The molecule has 0 spiro atoms. The number of benzene rings is 1. The second-order valence-corrected chi connectivity index (χ2v) is 4.95. The van der Waals surface area contributed by atoms with Crippen molar-refractivity contribution in [1.29, 1.82) is 5.26 Å². The Hall–Kier alpha value is -1.60. The average Bonchev–Trinajstić information content (AvgIpc) is 2.38. The molecule has 0 saturated heterocycles. The minimum atomic E-state index is -0.366. The van der Waals surface area contributed by atoms with Crippen molar-refractivity contribution in [3.05, 3.63) is 29.6 Å². The predicted molar refractivity (Wildman–Crippen MR) is 69.7 cm³/mol. The van der Waals surface area contributed by atoms with Crippen molar-refractivity contribution in [3.63, 3.8) is 0 Å². The van der Waals surface area contributed by atoms with E-state index in [0.717, 1.165) is 31.4 Å². The highest BCUT2D eigenvalue weighted by Gasteiger charge is 2.23. The smallest absolute Gasteiger partial charge is 0.124 e. The normalized spacial score (nSPS) is 23.4. The van der Waals surface area contributed by atoms with E-state index in [4.69, 9.17) is 11.0 Å². The van der Waals surface area contributed by atoms with Gasteiger partial charge in [-0.2, -0.15) is 5.26 Å². The maximum Gasteiger partial charge on any atom is 0.124 e. The first-order valence-corrected chi connectivity index (χ1v) is 6.30. The molecule has 0 aromatic heterocycles. The molecule has 96 valence electrons. The van der Waals surface area contributed by atoms with Crippen LogP contribution >= 0.6 is 0 Å². The molecule has 1 aliphatic carbocycles. The molecule has 0 atom stereocenters. The summed E-state index contributed by atoms with van der Waals surface area (Å²) in [4.78, 5) is 2.09. The van der Waals surface area contributed by atoms with E-state index in [0.29, 0.717) is 17.6 Å². The third-order valence-electron chi connectivity index (χ3n) is 3.75. The third kappa shape index (κ3) is 2.62. The summed E-state index contributed by atoms with van der Waals surface area (Å²) in [7, 11) is 1.97. The molecule has 18 heavy (non-hydrogen) atoms. The largest absolute Gasteiger partial charge is 0.371 e. The van der Waals surface area contributed by atoms with Crippen molar-refractivity contribution in [1.82, 2.24) is 0 Å². The van der Waals surface area contributed by atoms with Gasteiger partial charge in [0.25, 0.3) is 0 Å². The van der Waals surface area contributed by atoms with E-state index >= 15 is 0 Å². The lowest BCUT2D eigenvalue weighted by atomic mass is 9.90. The van der Waals surface area contributed by atoms with Crippen molar-refractivity contribution < 1.29 is 4.39 Å². The Balaban J connectivity index is 2.18. The zero-order valence-electron chi connectivity index (χ0n) is 10.6. The number of halogens is 1. The fraction of sp³-hybridized carbons (Fsp3) is 0.500. The summed E-state index contributed by atoms with van der Waals surface area (Å²) < 4.78 is 13.1.